The highest BCUT2D eigenvalue weighted by atomic mass is 32.2. The van der Waals surface area contributed by atoms with Gasteiger partial charge in [-0.3, -0.25) is 15.5 Å². The second-order valence-corrected chi connectivity index (χ2v) is 8.93. The number of rotatable bonds is 8. The van der Waals surface area contributed by atoms with Crippen molar-refractivity contribution in [3.05, 3.63) is 64.2 Å². The van der Waals surface area contributed by atoms with Gasteiger partial charge in [-0.25, -0.2) is 8.42 Å². The first-order chi connectivity index (χ1) is 13.9. The van der Waals surface area contributed by atoms with Gasteiger partial charge in [-0.2, -0.15) is 9.41 Å². The number of benzene rings is 2. The fourth-order valence-electron chi connectivity index (χ4n) is 3.18. The lowest BCUT2D eigenvalue weighted by atomic mass is 10.1. The van der Waals surface area contributed by atoms with Crippen LogP contribution in [0.1, 0.15) is 31.7 Å². The highest BCUT2D eigenvalue weighted by Crippen LogP contribution is 2.30. The summed E-state index contributed by atoms with van der Waals surface area (Å²) < 4.78 is 26.7. The molecule has 0 amide bonds. The van der Waals surface area contributed by atoms with Crippen molar-refractivity contribution >= 4 is 27.1 Å². The Morgan fingerprint density at radius 3 is 2.52 bits per heavy atom. The van der Waals surface area contributed by atoms with Crippen LogP contribution in [-0.4, -0.2) is 36.4 Å². The van der Waals surface area contributed by atoms with Crippen LogP contribution >= 0.6 is 0 Å². The first kappa shape index (κ1) is 20.9. The van der Waals surface area contributed by atoms with E-state index in [1.807, 2.05) is 37.3 Å². The van der Waals surface area contributed by atoms with Crippen molar-refractivity contribution in [3.8, 4) is 0 Å². The fourth-order valence-corrected chi connectivity index (χ4v) is 4.71. The topological polar surface area (TPSA) is 105 Å². The summed E-state index contributed by atoms with van der Waals surface area (Å²) in [7, 11) is -3.72. The number of sulfonamides is 1. The molecule has 3 rings (SSSR count). The number of nitro benzene ring substituents is 1. The smallest absolute Gasteiger partial charge is 0.272 e. The quantitative estimate of drug-likeness (QED) is 0.400. The van der Waals surface area contributed by atoms with Crippen LogP contribution in [0.15, 0.2) is 58.5 Å². The summed E-state index contributed by atoms with van der Waals surface area (Å²) in [6, 6.07) is 13.9. The van der Waals surface area contributed by atoms with Gasteiger partial charge in [-0.15, -0.1) is 0 Å². The first-order valence-corrected chi connectivity index (χ1v) is 10.9. The number of nitro groups is 1. The predicted octanol–water partition coefficient (Wildman–Crippen LogP) is 3.80. The monoisotopic (exact) mass is 416 g/mol. The van der Waals surface area contributed by atoms with Crippen LogP contribution < -0.4 is 5.43 Å². The molecular weight excluding hydrogens is 392 g/mol. The molecule has 0 aromatic heterocycles. The van der Waals surface area contributed by atoms with Crippen molar-refractivity contribution in [3.63, 3.8) is 0 Å². The number of nitrogens with one attached hydrogen (secondary N) is 1. The van der Waals surface area contributed by atoms with E-state index in [-0.39, 0.29) is 16.3 Å². The minimum atomic E-state index is -3.72. The molecule has 154 valence electrons. The molecule has 2 aromatic rings. The molecule has 1 aliphatic rings. The van der Waals surface area contributed by atoms with Gasteiger partial charge in [0.05, 0.1) is 9.82 Å². The molecule has 0 bridgehead atoms. The van der Waals surface area contributed by atoms with Crippen LogP contribution in [0.3, 0.4) is 0 Å². The predicted molar refractivity (Wildman–Crippen MR) is 113 cm³/mol. The number of nitrogens with zero attached hydrogens (tertiary/aromatic N) is 3. The second kappa shape index (κ2) is 9.15. The van der Waals surface area contributed by atoms with E-state index in [2.05, 4.69) is 10.5 Å². The molecule has 8 nitrogen and oxygen atoms in total. The molecule has 9 heteroatoms. The Kier molecular flexibility index (Phi) is 6.60. The maximum Gasteiger partial charge on any atom is 0.295 e. The highest BCUT2D eigenvalue weighted by molar-refractivity contribution is 7.89. The van der Waals surface area contributed by atoms with E-state index < -0.39 is 14.9 Å². The summed E-state index contributed by atoms with van der Waals surface area (Å²) in [5, 5.41) is 15.7. The van der Waals surface area contributed by atoms with Gasteiger partial charge in [0.1, 0.15) is 5.69 Å². The van der Waals surface area contributed by atoms with E-state index in [9.17, 15) is 18.5 Å². The zero-order valence-corrected chi connectivity index (χ0v) is 17.1. The van der Waals surface area contributed by atoms with E-state index >= 15 is 0 Å². The Balaban J connectivity index is 1.74. The number of hydrazone groups is 1. The third-order valence-electron chi connectivity index (χ3n) is 4.85. The van der Waals surface area contributed by atoms with E-state index in [1.54, 1.807) is 0 Å². The average molecular weight is 417 g/mol. The molecule has 0 saturated carbocycles. The summed E-state index contributed by atoms with van der Waals surface area (Å²) in [5.41, 5.74) is 4.54. The first-order valence-electron chi connectivity index (χ1n) is 9.49. The SMILES string of the molecule is C/C(CCc1ccccc1)=N/Nc1ccc(S(=O)(=O)N2CCCC2)cc1[N+](=O)[O-]. The standard InChI is InChI=1S/C20H24N4O4S/c1-16(9-10-17-7-3-2-4-8-17)21-22-19-12-11-18(15-20(19)24(25)26)29(27,28)23-13-5-6-14-23/h2-4,7-8,11-12,15,22H,5-6,9-10,13-14H2,1H3/b21-16-. The highest BCUT2D eigenvalue weighted by Gasteiger charge is 2.29. The molecule has 0 atom stereocenters. The van der Waals surface area contributed by atoms with E-state index in [0.29, 0.717) is 19.5 Å². The van der Waals surface area contributed by atoms with E-state index in [4.69, 9.17) is 0 Å². The van der Waals surface area contributed by atoms with Crippen LogP contribution in [0.25, 0.3) is 0 Å². The fraction of sp³-hybridized carbons (Fsp3) is 0.350. The molecular formula is C20H24N4O4S. The van der Waals surface area contributed by atoms with Crippen molar-refractivity contribution in [2.24, 2.45) is 5.10 Å². The molecule has 2 aromatic carbocycles. The molecule has 1 heterocycles. The summed E-state index contributed by atoms with van der Waals surface area (Å²) in [6.07, 6.45) is 3.12. The van der Waals surface area contributed by atoms with Crippen LogP contribution in [0.4, 0.5) is 11.4 Å². The van der Waals surface area contributed by atoms with Gasteiger partial charge in [0.25, 0.3) is 5.69 Å². The Morgan fingerprint density at radius 1 is 1.17 bits per heavy atom. The Hall–Kier alpha value is -2.78. The average Bonchev–Trinajstić information content (AvgIpc) is 3.27. The molecule has 1 saturated heterocycles. The molecule has 29 heavy (non-hydrogen) atoms. The van der Waals surface area contributed by atoms with Crippen molar-refractivity contribution in [2.75, 3.05) is 18.5 Å². The third kappa shape index (κ3) is 5.18. The minimum Gasteiger partial charge on any atom is -0.272 e. The lowest BCUT2D eigenvalue weighted by molar-refractivity contribution is -0.384. The lowest BCUT2D eigenvalue weighted by Gasteiger charge is -2.15. The van der Waals surface area contributed by atoms with Crippen LogP contribution in [-0.2, 0) is 16.4 Å². The van der Waals surface area contributed by atoms with Gasteiger partial charge in [0.2, 0.25) is 10.0 Å². The van der Waals surface area contributed by atoms with Gasteiger partial charge in [0.15, 0.2) is 0 Å². The van der Waals surface area contributed by atoms with Crippen molar-refractivity contribution in [1.82, 2.24) is 4.31 Å². The number of hydrogen-bond acceptors (Lipinski definition) is 6. The zero-order chi connectivity index (χ0) is 20.9. The van der Waals surface area contributed by atoms with Crippen LogP contribution in [0.5, 0.6) is 0 Å². The van der Waals surface area contributed by atoms with Gasteiger partial charge in [-0.1, -0.05) is 30.3 Å². The van der Waals surface area contributed by atoms with Gasteiger partial charge < -0.3 is 0 Å². The summed E-state index contributed by atoms with van der Waals surface area (Å²) in [5.74, 6) is 0. The van der Waals surface area contributed by atoms with Crippen molar-refractivity contribution in [2.45, 2.75) is 37.5 Å². The van der Waals surface area contributed by atoms with Gasteiger partial charge >= 0.3 is 0 Å². The van der Waals surface area contributed by atoms with E-state index in [0.717, 1.165) is 31.0 Å². The molecule has 0 aliphatic carbocycles. The van der Waals surface area contributed by atoms with Crippen LogP contribution in [0.2, 0.25) is 0 Å². The van der Waals surface area contributed by atoms with Crippen molar-refractivity contribution < 1.29 is 13.3 Å². The molecule has 1 aliphatic heterocycles. The summed E-state index contributed by atoms with van der Waals surface area (Å²) >= 11 is 0. The maximum absolute atomic E-state index is 12.7. The second-order valence-electron chi connectivity index (χ2n) is 6.99. The molecule has 1 fully saturated rings. The summed E-state index contributed by atoms with van der Waals surface area (Å²) in [6.45, 7) is 2.73. The number of anilines is 1. The lowest BCUT2D eigenvalue weighted by Crippen LogP contribution is -2.27. The minimum absolute atomic E-state index is 0.0681. The number of hydrogen-bond donors (Lipinski definition) is 1. The normalized spacial score (nSPS) is 15.4. The van der Waals surface area contributed by atoms with E-state index in [1.165, 1.54) is 22.0 Å². The summed E-state index contributed by atoms with van der Waals surface area (Å²) in [4.78, 5) is 10.8. The van der Waals surface area contributed by atoms with Crippen molar-refractivity contribution in [1.29, 1.82) is 0 Å². The maximum atomic E-state index is 12.7. The van der Waals surface area contributed by atoms with Crippen LogP contribution in [0, 0.1) is 10.1 Å². The van der Waals surface area contributed by atoms with Gasteiger partial charge in [0, 0.05) is 24.9 Å². The Morgan fingerprint density at radius 2 is 1.86 bits per heavy atom. The Bertz CT molecular complexity index is 1000. The molecule has 0 spiro atoms. The Labute approximate surface area is 170 Å². The largest absolute Gasteiger partial charge is 0.295 e. The molecule has 0 unspecified atom stereocenters. The zero-order valence-electron chi connectivity index (χ0n) is 16.2. The number of aryl methyl sites for hydroxylation is 1. The third-order valence-corrected chi connectivity index (χ3v) is 6.75. The molecule has 0 radical (unpaired) electrons. The van der Waals surface area contributed by atoms with Gasteiger partial charge in [-0.05, 0) is 50.3 Å². The molecule has 1 N–H and O–H groups in total.